The minimum Gasteiger partial charge on any atom is -0.294 e. The fraction of sp³-hybridized carbons (Fsp3) is 0.750. The third-order valence-electron chi connectivity index (χ3n) is 4.82. The standard InChI is InChI=1S/C16H24ClN3/c1-11(20-8-4-5-9-20)15-18-13-6-7-16(2,3)10-12(13)14(17)19-15/h11H,4-10H2,1-3H3/t11-/m1/s1. The Labute approximate surface area is 126 Å². The largest absolute Gasteiger partial charge is 0.294 e. The normalized spacial score (nSPS) is 23.6. The van der Waals surface area contributed by atoms with Crippen molar-refractivity contribution in [3.63, 3.8) is 0 Å². The summed E-state index contributed by atoms with van der Waals surface area (Å²) >= 11 is 6.46. The van der Waals surface area contributed by atoms with E-state index in [1.54, 1.807) is 0 Å². The number of rotatable bonds is 2. The van der Waals surface area contributed by atoms with E-state index >= 15 is 0 Å². The van der Waals surface area contributed by atoms with E-state index in [4.69, 9.17) is 16.6 Å². The molecule has 20 heavy (non-hydrogen) atoms. The van der Waals surface area contributed by atoms with Gasteiger partial charge in [0, 0.05) is 11.3 Å². The molecule has 0 aromatic carbocycles. The maximum Gasteiger partial charge on any atom is 0.147 e. The zero-order valence-electron chi connectivity index (χ0n) is 12.7. The monoisotopic (exact) mass is 293 g/mol. The molecule has 4 heteroatoms. The Hall–Kier alpha value is -0.670. The van der Waals surface area contributed by atoms with Gasteiger partial charge in [0.05, 0.1) is 6.04 Å². The van der Waals surface area contributed by atoms with Crippen LogP contribution < -0.4 is 0 Å². The average molecular weight is 294 g/mol. The third kappa shape index (κ3) is 2.71. The highest BCUT2D eigenvalue weighted by Gasteiger charge is 2.30. The van der Waals surface area contributed by atoms with Crippen LogP contribution in [0.1, 0.15) is 63.2 Å². The van der Waals surface area contributed by atoms with Crippen LogP contribution in [0, 0.1) is 5.41 Å². The highest BCUT2D eigenvalue weighted by atomic mass is 35.5. The number of aromatic nitrogens is 2. The van der Waals surface area contributed by atoms with Gasteiger partial charge in [-0.3, -0.25) is 4.90 Å². The average Bonchev–Trinajstić information content (AvgIpc) is 2.92. The summed E-state index contributed by atoms with van der Waals surface area (Å²) in [5.74, 6) is 0.912. The highest BCUT2D eigenvalue weighted by molar-refractivity contribution is 6.30. The lowest BCUT2D eigenvalue weighted by Crippen LogP contribution is -2.28. The van der Waals surface area contributed by atoms with Crippen molar-refractivity contribution in [1.82, 2.24) is 14.9 Å². The molecule has 1 saturated heterocycles. The fourth-order valence-electron chi connectivity index (χ4n) is 3.40. The first kappa shape index (κ1) is 14.3. The number of halogens is 1. The summed E-state index contributed by atoms with van der Waals surface area (Å²) < 4.78 is 0. The van der Waals surface area contributed by atoms with E-state index in [1.807, 2.05) is 0 Å². The molecule has 0 amide bonds. The highest BCUT2D eigenvalue weighted by Crippen LogP contribution is 2.37. The smallest absolute Gasteiger partial charge is 0.147 e. The van der Waals surface area contributed by atoms with Crippen LogP contribution in [0.15, 0.2) is 0 Å². The molecule has 1 aromatic heterocycles. The van der Waals surface area contributed by atoms with Crippen molar-refractivity contribution in [3.8, 4) is 0 Å². The molecule has 3 rings (SSSR count). The molecule has 1 aliphatic carbocycles. The van der Waals surface area contributed by atoms with E-state index < -0.39 is 0 Å². The molecule has 1 aromatic rings. The molecule has 1 fully saturated rings. The quantitative estimate of drug-likeness (QED) is 0.777. The first-order valence-corrected chi connectivity index (χ1v) is 8.13. The van der Waals surface area contributed by atoms with Gasteiger partial charge in [0.2, 0.25) is 0 Å². The Morgan fingerprint density at radius 1 is 1.20 bits per heavy atom. The molecule has 0 saturated carbocycles. The molecule has 2 aliphatic rings. The van der Waals surface area contributed by atoms with E-state index in [9.17, 15) is 0 Å². The second kappa shape index (κ2) is 5.27. The van der Waals surface area contributed by atoms with E-state index in [0.717, 1.165) is 31.8 Å². The summed E-state index contributed by atoms with van der Waals surface area (Å²) in [6.07, 6.45) is 5.79. The number of hydrogen-bond acceptors (Lipinski definition) is 3. The molecule has 1 aliphatic heterocycles. The SMILES string of the molecule is C[C@H](c1nc(Cl)c2c(n1)CCC(C)(C)C2)N1CCCC1. The van der Waals surface area contributed by atoms with Crippen LogP contribution >= 0.6 is 11.6 Å². The Balaban J connectivity index is 1.90. The number of aryl methyl sites for hydroxylation is 1. The second-order valence-corrected chi connectivity index (χ2v) is 7.42. The van der Waals surface area contributed by atoms with Crippen molar-refractivity contribution < 1.29 is 0 Å². The summed E-state index contributed by atoms with van der Waals surface area (Å²) in [4.78, 5) is 11.9. The van der Waals surface area contributed by atoms with Crippen molar-refractivity contribution in [3.05, 3.63) is 22.2 Å². The molecule has 110 valence electrons. The van der Waals surface area contributed by atoms with Crippen LogP contribution in [0.3, 0.4) is 0 Å². The predicted molar refractivity (Wildman–Crippen MR) is 82.1 cm³/mol. The van der Waals surface area contributed by atoms with E-state index in [2.05, 4.69) is 30.7 Å². The van der Waals surface area contributed by atoms with Gasteiger partial charge in [0.15, 0.2) is 0 Å². The van der Waals surface area contributed by atoms with Gasteiger partial charge in [0.25, 0.3) is 0 Å². The first-order valence-electron chi connectivity index (χ1n) is 7.75. The van der Waals surface area contributed by atoms with Crippen molar-refractivity contribution >= 4 is 11.6 Å². The van der Waals surface area contributed by atoms with Gasteiger partial charge in [-0.2, -0.15) is 0 Å². The maximum absolute atomic E-state index is 6.46. The van der Waals surface area contributed by atoms with Gasteiger partial charge >= 0.3 is 0 Å². The summed E-state index contributed by atoms with van der Waals surface area (Å²) in [5, 5.41) is 0.684. The Bertz CT molecular complexity index is 507. The number of likely N-dealkylation sites (tertiary alicyclic amines) is 1. The lowest BCUT2D eigenvalue weighted by atomic mass is 9.76. The molecule has 0 N–H and O–H groups in total. The van der Waals surface area contributed by atoms with Crippen LogP contribution in [0.4, 0.5) is 0 Å². The topological polar surface area (TPSA) is 29.0 Å². The summed E-state index contributed by atoms with van der Waals surface area (Å²) in [5.41, 5.74) is 2.69. The number of hydrogen-bond donors (Lipinski definition) is 0. The second-order valence-electron chi connectivity index (χ2n) is 7.06. The molecule has 0 radical (unpaired) electrons. The maximum atomic E-state index is 6.46. The van der Waals surface area contributed by atoms with E-state index in [-0.39, 0.29) is 6.04 Å². The van der Waals surface area contributed by atoms with Crippen LogP contribution in [0.25, 0.3) is 0 Å². The first-order chi connectivity index (χ1) is 9.46. The molecular weight excluding hydrogens is 270 g/mol. The van der Waals surface area contributed by atoms with Crippen molar-refractivity contribution in [2.45, 2.75) is 58.9 Å². The molecule has 1 atom stereocenters. The third-order valence-corrected chi connectivity index (χ3v) is 5.13. The van der Waals surface area contributed by atoms with Crippen molar-refractivity contribution in [2.24, 2.45) is 5.41 Å². The fourth-order valence-corrected chi connectivity index (χ4v) is 3.66. The van der Waals surface area contributed by atoms with Gasteiger partial charge in [-0.1, -0.05) is 25.4 Å². The lowest BCUT2D eigenvalue weighted by molar-refractivity contribution is 0.251. The Morgan fingerprint density at radius 3 is 2.60 bits per heavy atom. The molecule has 3 nitrogen and oxygen atoms in total. The molecular formula is C16H24ClN3. The molecule has 0 spiro atoms. The van der Waals surface area contributed by atoms with Gasteiger partial charge in [-0.05, 0) is 57.5 Å². The summed E-state index contributed by atoms with van der Waals surface area (Å²) in [6.45, 7) is 9.12. The minimum absolute atomic E-state index is 0.287. The summed E-state index contributed by atoms with van der Waals surface area (Å²) in [6, 6.07) is 0.287. The van der Waals surface area contributed by atoms with E-state index in [0.29, 0.717) is 10.6 Å². The molecule has 0 unspecified atom stereocenters. The van der Waals surface area contributed by atoms with Gasteiger partial charge in [-0.25, -0.2) is 9.97 Å². The lowest BCUT2D eigenvalue weighted by Gasteiger charge is -2.32. The zero-order chi connectivity index (χ0) is 14.3. The Kier molecular flexibility index (Phi) is 3.76. The van der Waals surface area contributed by atoms with Crippen molar-refractivity contribution in [1.29, 1.82) is 0 Å². The Morgan fingerprint density at radius 2 is 1.90 bits per heavy atom. The molecule has 2 heterocycles. The van der Waals surface area contributed by atoms with Gasteiger partial charge in [0.1, 0.15) is 11.0 Å². The molecule has 0 bridgehead atoms. The predicted octanol–water partition coefficient (Wildman–Crippen LogP) is 3.80. The zero-order valence-corrected chi connectivity index (χ0v) is 13.5. The number of fused-ring (bicyclic) bond motifs is 1. The van der Waals surface area contributed by atoms with E-state index in [1.165, 1.54) is 30.5 Å². The van der Waals surface area contributed by atoms with Crippen LogP contribution in [-0.2, 0) is 12.8 Å². The van der Waals surface area contributed by atoms with Crippen molar-refractivity contribution in [2.75, 3.05) is 13.1 Å². The van der Waals surface area contributed by atoms with Crippen LogP contribution in [0.2, 0.25) is 5.15 Å². The van der Waals surface area contributed by atoms with Gasteiger partial charge < -0.3 is 0 Å². The van der Waals surface area contributed by atoms with Crippen LogP contribution in [0.5, 0.6) is 0 Å². The summed E-state index contributed by atoms with van der Waals surface area (Å²) in [7, 11) is 0. The number of nitrogens with zero attached hydrogens (tertiary/aromatic N) is 3. The van der Waals surface area contributed by atoms with Crippen LogP contribution in [-0.4, -0.2) is 28.0 Å². The minimum atomic E-state index is 0.287. The van der Waals surface area contributed by atoms with Gasteiger partial charge in [-0.15, -0.1) is 0 Å².